The molecule has 1 aliphatic rings. The highest BCUT2D eigenvalue weighted by Crippen LogP contribution is 2.38. The minimum absolute atomic E-state index is 0.0250. The van der Waals surface area contributed by atoms with Gasteiger partial charge in [0.1, 0.15) is 23.0 Å². The smallest absolute Gasteiger partial charge is 0.337 e. The molecule has 9 nitrogen and oxygen atoms in total. The number of benzene rings is 3. The van der Waals surface area contributed by atoms with Crippen LogP contribution < -0.4 is 19.1 Å². The van der Waals surface area contributed by atoms with Crippen LogP contribution in [0.25, 0.3) is 0 Å². The van der Waals surface area contributed by atoms with E-state index in [0.29, 0.717) is 11.4 Å². The Hall–Kier alpha value is -3.76. The molecule has 0 unspecified atom stereocenters. The van der Waals surface area contributed by atoms with Gasteiger partial charge in [0.15, 0.2) is 0 Å². The van der Waals surface area contributed by atoms with E-state index in [1.165, 1.54) is 56.7 Å². The van der Waals surface area contributed by atoms with Crippen LogP contribution in [0.3, 0.4) is 0 Å². The monoisotopic (exact) mass is 516 g/mol. The summed E-state index contributed by atoms with van der Waals surface area (Å²) >= 11 is 6.06. The first kappa shape index (κ1) is 24.4. The molecule has 0 aliphatic carbocycles. The summed E-state index contributed by atoms with van der Waals surface area (Å²) < 4.78 is 43.9. The molecule has 3 aromatic rings. The fraction of sp³-hybridized carbons (Fsp3) is 0.167. The van der Waals surface area contributed by atoms with Crippen LogP contribution in [-0.4, -0.2) is 47.7 Å². The number of hydrogen-bond donors (Lipinski definition) is 1. The zero-order valence-electron chi connectivity index (χ0n) is 18.8. The Morgan fingerprint density at radius 3 is 2.57 bits per heavy atom. The zero-order valence-corrected chi connectivity index (χ0v) is 20.4. The van der Waals surface area contributed by atoms with Crippen LogP contribution in [0, 0.1) is 0 Å². The number of anilines is 2. The third-order valence-electron chi connectivity index (χ3n) is 5.28. The van der Waals surface area contributed by atoms with Gasteiger partial charge in [0.2, 0.25) is 0 Å². The van der Waals surface area contributed by atoms with Gasteiger partial charge in [-0.3, -0.25) is 9.10 Å². The van der Waals surface area contributed by atoms with Crippen molar-refractivity contribution in [2.24, 2.45) is 0 Å². The number of methoxy groups -OCH3 is 2. The van der Waals surface area contributed by atoms with E-state index in [1.54, 1.807) is 18.2 Å². The summed E-state index contributed by atoms with van der Waals surface area (Å²) in [6, 6.07) is 15.1. The molecule has 3 aromatic carbocycles. The van der Waals surface area contributed by atoms with Gasteiger partial charge in [-0.15, -0.1) is 0 Å². The summed E-state index contributed by atoms with van der Waals surface area (Å²) in [4.78, 5) is 24.6. The lowest BCUT2D eigenvalue weighted by atomic mass is 10.1. The van der Waals surface area contributed by atoms with E-state index >= 15 is 0 Å². The molecule has 0 radical (unpaired) electrons. The molecular weight excluding hydrogens is 496 g/mol. The van der Waals surface area contributed by atoms with Crippen LogP contribution in [0.5, 0.6) is 11.5 Å². The van der Waals surface area contributed by atoms with Crippen LogP contribution in [0.1, 0.15) is 20.7 Å². The summed E-state index contributed by atoms with van der Waals surface area (Å²) in [5.74, 6) is -0.589. The number of hydrogen-bond acceptors (Lipinski definition) is 7. The van der Waals surface area contributed by atoms with E-state index in [4.69, 9.17) is 25.8 Å². The molecule has 0 atom stereocenters. The summed E-state index contributed by atoms with van der Waals surface area (Å²) in [6.07, 6.45) is 0. The van der Waals surface area contributed by atoms with Crippen molar-refractivity contribution in [3.8, 4) is 11.5 Å². The Morgan fingerprint density at radius 2 is 1.83 bits per heavy atom. The Morgan fingerprint density at radius 1 is 1.03 bits per heavy atom. The Labute approximate surface area is 207 Å². The van der Waals surface area contributed by atoms with E-state index in [-0.39, 0.29) is 45.6 Å². The van der Waals surface area contributed by atoms with E-state index in [1.807, 2.05) is 0 Å². The van der Waals surface area contributed by atoms with Crippen LogP contribution in [0.2, 0.25) is 5.02 Å². The van der Waals surface area contributed by atoms with Crippen LogP contribution in [0.4, 0.5) is 11.4 Å². The third-order valence-corrected chi connectivity index (χ3v) is 7.35. The molecule has 11 heteroatoms. The predicted octanol–water partition coefficient (Wildman–Crippen LogP) is 3.98. The number of fused-ring (bicyclic) bond motifs is 1. The van der Waals surface area contributed by atoms with Crippen molar-refractivity contribution >= 4 is 44.9 Å². The number of carbonyl (C=O) groups excluding carboxylic acids is 2. The molecule has 0 saturated carbocycles. The SMILES string of the molecule is COC(=O)c1cccc(NC(=O)c2ccc3c(c2)N(S(=O)(=O)c2cc(Cl)ccc2OC)CCO3)c1. The topological polar surface area (TPSA) is 111 Å². The fourth-order valence-electron chi connectivity index (χ4n) is 3.60. The van der Waals surface area contributed by atoms with Crippen molar-refractivity contribution in [2.45, 2.75) is 4.90 Å². The maximum atomic E-state index is 13.6. The number of halogens is 1. The van der Waals surface area contributed by atoms with Gasteiger partial charge in [-0.25, -0.2) is 13.2 Å². The first-order valence-electron chi connectivity index (χ1n) is 10.4. The van der Waals surface area contributed by atoms with Gasteiger partial charge in [-0.05, 0) is 54.6 Å². The number of nitrogens with zero attached hydrogens (tertiary/aromatic N) is 1. The standard InChI is InChI=1S/C24H21ClN2O7S/c1-32-21-9-7-17(25)14-22(21)35(30,31)27-10-11-34-20-8-6-15(13-19(20)27)23(28)26-18-5-3-4-16(12-18)24(29)33-2/h3-9,12-14H,10-11H2,1-2H3,(H,26,28). The third kappa shape index (κ3) is 4.89. The molecule has 1 N–H and O–H groups in total. The number of sulfonamides is 1. The average molecular weight is 517 g/mol. The second-order valence-electron chi connectivity index (χ2n) is 7.43. The van der Waals surface area contributed by atoms with Crippen molar-refractivity contribution in [3.05, 3.63) is 76.8 Å². The zero-order chi connectivity index (χ0) is 25.2. The largest absolute Gasteiger partial charge is 0.495 e. The molecular formula is C24H21ClN2O7S. The van der Waals surface area contributed by atoms with Crippen molar-refractivity contribution < 1.29 is 32.2 Å². The van der Waals surface area contributed by atoms with E-state index in [2.05, 4.69) is 5.32 Å². The highest BCUT2D eigenvalue weighted by molar-refractivity contribution is 7.93. The fourth-order valence-corrected chi connectivity index (χ4v) is 5.47. The van der Waals surface area contributed by atoms with Crippen LogP contribution in [-0.2, 0) is 14.8 Å². The van der Waals surface area contributed by atoms with E-state index in [9.17, 15) is 18.0 Å². The van der Waals surface area contributed by atoms with Gasteiger partial charge in [0.25, 0.3) is 15.9 Å². The van der Waals surface area contributed by atoms with Gasteiger partial charge in [-0.2, -0.15) is 0 Å². The first-order valence-corrected chi connectivity index (χ1v) is 12.2. The second kappa shape index (κ2) is 9.85. The molecule has 1 amide bonds. The van der Waals surface area contributed by atoms with E-state index < -0.39 is 21.9 Å². The molecule has 0 fully saturated rings. The highest BCUT2D eigenvalue weighted by Gasteiger charge is 2.33. The average Bonchev–Trinajstić information content (AvgIpc) is 2.87. The Balaban J connectivity index is 1.68. The lowest BCUT2D eigenvalue weighted by Crippen LogP contribution is -2.38. The summed E-state index contributed by atoms with van der Waals surface area (Å²) in [5.41, 5.74) is 1.04. The van der Waals surface area contributed by atoms with Gasteiger partial charge in [0.05, 0.1) is 32.0 Å². The summed E-state index contributed by atoms with van der Waals surface area (Å²) in [7, 11) is -1.47. The molecule has 182 valence electrons. The molecule has 0 bridgehead atoms. The minimum atomic E-state index is -4.10. The molecule has 0 spiro atoms. The highest BCUT2D eigenvalue weighted by atomic mass is 35.5. The lowest BCUT2D eigenvalue weighted by molar-refractivity contribution is 0.0600. The van der Waals surface area contributed by atoms with Crippen molar-refractivity contribution in [3.63, 3.8) is 0 Å². The van der Waals surface area contributed by atoms with Crippen molar-refractivity contribution in [2.75, 3.05) is 37.0 Å². The Kier molecular flexibility index (Phi) is 6.86. The van der Waals surface area contributed by atoms with Crippen LogP contribution >= 0.6 is 11.6 Å². The second-order valence-corrected chi connectivity index (χ2v) is 9.70. The lowest BCUT2D eigenvalue weighted by Gasteiger charge is -2.31. The number of carbonyl (C=O) groups is 2. The molecule has 0 saturated heterocycles. The normalized spacial score (nSPS) is 12.8. The summed E-state index contributed by atoms with van der Waals surface area (Å²) in [6.45, 7) is 0.151. The van der Waals surface area contributed by atoms with E-state index in [0.717, 1.165) is 4.31 Å². The minimum Gasteiger partial charge on any atom is -0.495 e. The van der Waals surface area contributed by atoms with Gasteiger partial charge < -0.3 is 19.5 Å². The number of amides is 1. The number of esters is 1. The van der Waals surface area contributed by atoms with Gasteiger partial charge in [0, 0.05) is 16.3 Å². The Bertz CT molecular complexity index is 1410. The molecule has 0 aromatic heterocycles. The van der Waals surface area contributed by atoms with Gasteiger partial charge in [-0.1, -0.05) is 17.7 Å². The predicted molar refractivity (Wildman–Crippen MR) is 130 cm³/mol. The number of rotatable bonds is 6. The molecule has 1 aliphatic heterocycles. The maximum Gasteiger partial charge on any atom is 0.337 e. The van der Waals surface area contributed by atoms with Gasteiger partial charge >= 0.3 is 5.97 Å². The quantitative estimate of drug-likeness (QED) is 0.493. The molecule has 4 rings (SSSR count). The maximum absolute atomic E-state index is 13.6. The number of nitrogens with one attached hydrogen (secondary N) is 1. The number of ether oxygens (including phenoxy) is 3. The summed E-state index contributed by atoms with van der Waals surface area (Å²) in [5, 5.41) is 2.94. The van der Waals surface area contributed by atoms with Crippen LogP contribution in [0.15, 0.2) is 65.6 Å². The first-order chi connectivity index (χ1) is 16.7. The molecule has 1 heterocycles. The molecule has 35 heavy (non-hydrogen) atoms. The van der Waals surface area contributed by atoms with Crippen molar-refractivity contribution in [1.29, 1.82) is 0 Å². The van der Waals surface area contributed by atoms with Crippen molar-refractivity contribution in [1.82, 2.24) is 0 Å².